The summed E-state index contributed by atoms with van der Waals surface area (Å²) < 4.78 is 5.43. The largest absolute Gasteiger partial charge is 0.459 e. The molecular formula is C13H16O2. The van der Waals surface area contributed by atoms with Gasteiger partial charge >= 0.3 is 0 Å². The van der Waals surface area contributed by atoms with Crippen LogP contribution in [0.25, 0.3) is 11.0 Å². The SMILES string of the molecule is CC(C)(C)c1ccc2oc(CO)cc2c1. The zero-order chi connectivity index (χ0) is 11.1. The summed E-state index contributed by atoms with van der Waals surface area (Å²) in [5.74, 6) is 0.621. The number of hydrogen-bond donors (Lipinski definition) is 1. The topological polar surface area (TPSA) is 33.4 Å². The molecule has 0 atom stereocenters. The summed E-state index contributed by atoms with van der Waals surface area (Å²) in [5, 5.41) is 10.0. The standard InChI is InChI=1S/C13H16O2/c1-13(2,3)10-4-5-12-9(6-10)7-11(8-14)15-12/h4-7,14H,8H2,1-3H3. The highest BCUT2D eigenvalue weighted by molar-refractivity contribution is 5.79. The number of fused-ring (bicyclic) bond motifs is 1. The number of benzene rings is 1. The maximum absolute atomic E-state index is 8.97. The van der Waals surface area contributed by atoms with E-state index in [1.807, 2.05) is 12.1 Å². The first-order valence-electron chi connectivity index (χ1n) is 5.14. The molecule has 80 valence electrons. The van der Waals surface area contributed by atoms with Gasteiger partial charge in [-0.1, -0.05) is 26.8 Å². The van der Waals surface area contributed by atoms with E-state index in [-0.39, 0.29) is 12.0 Å². The molecule has 2 aromatic rings. The average molecular weight is 204 g/mol. The summed E-state index contributed by atoms with van der Waals surface area (Å²) in [7, 11) is 0. The van der Waals surface area contributed by atoms with Gasteiger partial charge in [-0.3, -0.25) is 0 Å². The molecule has 0 saturated carbocycles. The van der Waals surface area contributed by atoms with Crippen LogP contribution < -0.4 is 0 Å². The molecule has 0 fully saturated rings. The van der Waals surface area contributed by atoms with Crippen molar-refractivity contribution in [1.29, 1.82) is 0 Å². The Kier molecular flexibility index (Phi) is 2.31. The van der Waals surface area contributed by atoms with E-state index in [1.165, 1.54) is 5.56 Å². The molecular weight excluding hydrogens is 188 g/mol. The molecule has 2 heteroatoms. The molecule has 15 heavy (non-hydrogen) atoms. The molecule has 1 heterocycles. The van der Waals surface area contributed by atoms with Crippen LogP contribution in [0.1, 0.15) is 32.1 Å². The Hall–Kier alpha value is -1.28. The minimum Gasteiger partial charge on any atom is -0.459 e. The third-order valence-electron chi connectivity index (χ3n) is 2.59. The van der Waals surface area contributed by atoms with Crippen molar-refractivity contribution in [3.63, 3.8) is 0 Å². The smallest absolute Gasteiger partial charge is 0.134 e. The summed E-state index contributed by atoms with van der Waals surface area (Å²) in [6.07, 6.45) is 0. The molecule has 0 radical (unpaired) electrons. The monoisotopic (exact) mass is 204 g/mol. The van der Waals surface area contributed by atoms with Crippen LogP contribution in [-0.2, 0) is 12.0 Å². The van der Waals surface area contributed by atoms with Crippen LogP contribution in [0.15, 0.2) is 28.7 Å². The molecule has 1 aromatic heterocycles. The van der Waals surface area contributed by atoms with Crippen LogP contribution in [-0.4, -0.2) is 5.11 Å². The summed E-state index contributed by atoms with van der Waals surface area (Å²) in [6.45, 7) is 6.50. The minimum atomic E-state index is -0.0421. The van der Waals surface area contributed by atoms with Gasteiger partial charge in [0.15, 0.2) is 0 Å². The Labute approximate surface area is 89.5 Å². The van der Waals surface area contributed by atoms with Gasteiger partial charge in [-0.25, -0.2) is 0 Å². The zero-order valence-electron chi connectivity index (χ0n) is 9.37. The number of rotatable bonds is 1. The van der Waals surface area contributed by atoms with Crippen molar-refractivity contribution in [2.75, 3.05) is 0 Å². The number of furan rings is 1. The maximum Gasteiger partial charge on any atom is 0.134 e. The lowest BCUT2D eigenvalue weighted by Gasteiger charge is -2.18. The van der Waals surface area contributed by atoms with Crippen LogP contribution in [0.5, 0.6) is 0 Å². The fourth-order valence-electron chi connectivity index (χ4n) is 1.64. The Morgan fingerprint density at radius 1 is 1.20 bits per heavy atom. The summed E-state index contributed by atoms with van der Waals surface area (Å²) >= 11 is 0. The van der Waals surface area contributed by atoms with Crippen LogP contribution in [0, 0.1) is 0 Å². The van der Waals surface area contributed by atoms with Gasteiger partial charge in [-0.2, -0.15) is 0 Å². The molecule has 0 spiro atoms. The Morgan fingerprint density at radius 2 is 1.93 bits per heavy atom. The van der Waals surface area contributed by atoms with Gasteiger partial charge in [-0.15, -0.1) is 0 Å². The number of aliphatic hydroxyl groups excluding tert-OH is 1. The summed E-state index contributed by atoms with van der Waals surface area (Å²) in [6, 6.07) is 8.06. The highest BCUT2D eigenvalue weighted by atomic mass is 16.4. The van der Waals surface area contributed by atoms with Gasteiger partial charge in [0.1, 0.15) is 18.0 Å². The van der Waals surface area contributed by atoms with Crippen molar-refractivity contribution in [2.45, 2.75) is 32.8 Å². The lowest BCUT2D eigenvalue weighted by Crippen LogP contribution is -2.10. The Balaban J connectivity index is 2.55. The summed E-state index contributed by atoms with van der Waals surface area (Å²) in [5.41, 5.74) is 2.26. The van der Waals surface area contributed by atoms with Gasteiger partial charge in [0.05, 0.1) is 0 Å². The molecule has 0 aliphatic carbocycles. The lowest BCUT2D eigenvalue weighted by atomic mass is 9.86. The third kappa shape index (κ3) is 1.90. The fourth-order valence-corrected chi connectivity index (χ4v) is 1.64. The maximum atomic E-state index is 8.97. The first-order valence-corrected chi connectivity index (χ1v) is 5.14. The molecule has 0 aliphatic heterocycles. The average Bonchev–Trinajstić information content (AvgIpc) is 2.57. The van der Waals surface area contributed by atoms with Gasteiger partial charge < -0.3 is 9.52 Å². The van der Waals surface area contributed by atoms with Crippen LogP contribution >= 0.6 is 0 Å². The molecule has 2 nitrogen and oxygen atoms in total. The number of aliphatic hydroxyl groups is 1. The predicted octanol–water partition coefficient (Wildman–Crippen LogP) is 3.22. The highest BCUT2D eigenvalue weighted by Gasteiger charge is 2.14. The zero-order valence-corrected chi connectivity index (χ0v) is 9.37. The molecule has 0 aliphatic rings. The van der Waals surface area contributed by atoms with Crippen LogP contribution in [0.4, 0.5) is 0 Å². The van der Waals surface area contributed by atoms with E-state index >= 15 is 0 Å². The second-order valence-corrected chi connectivity index (χ2v) is 4.87. The van der Waals surface area contributed by atoms with Crippen LogP contribution in [0.3, 0.4) is 0 Å². The van der Waals surface area contributed by atoms with Crippen molar-refractivity contribution in [1.82, 2.24) is 0 Å². The summed E-state index contributed by atoms with van der Waals surface area (Å²) in [4.78, 5) is 0. The molecule has 1 N–H and O–H groups in total. The Bertz CT molecular complexity index is 475. The second-order valence-electron chi connectivity index (χ2n) is 4.87. The van der Waals surface area contributed by atoms with Crippen molar-refractivity contribution < 1.29 is 9.52 Å². The fraction of sp³-hybridized carbons (Fsp3) is 0.385. The van der Waals surface area contributed by atoms with Crippen molar-refractivity contribution in [3.05, 3.63) is 35.6 Å². The second kappa shape index (κ2) is 3.38. The molecule has 2 rings (SSSR count). The minimum absolute atomic E-state index is 0.0421. The number of hydrogen-bond acceptors (Lipinski definition) is 2. The molecule has 0 amide bonds. The molecule has 0 saturated heterocycles. The van der Waals surface area contributed by atoms with E-state index in [1.54, 1.807) is 0 Å². The van der Waals surface area contributed by atoms with E-state index < -0.39 is 0 Å². The van der Waals surface area contributed by atoms with E-state index in [0.29, 0.717) is 5.76 Å². The van der Waals surface area contributed by atoms with Gasteiger partial charge in [0.2, 0.25) is 0 Å². The van der Waals surface area contributed by atoms with E-state index in [4.69, 9.17) is 9.52 Å². The van der Waals surface area contributed by atoms with Crippen molar-refractivity contribution >= 4 is 11.0 Å². The first-order chi connectivity index (χ1) is 7.00. The normalized spacial score (nSPS) is 12.3. The lowest BCUT2D eigenvalue weighted by molar-refractivity contribution is 0.251. The van der Waals surface area contributed by atoms with E-state index in [0.717, 1.165) is 11.0 Å². The molecule has 0 unspecified atom stereocenters. The van der Waals surface area contributed by atoms with Gasteiger partial charge in [-0.05, 0) is 29.2 Å². The van der Waals surface area contributed by atoms with Gasteiger partial charge in [0.25, 0.3) is 0 Å². The van der Waals surface area contributed by atoms with Gasteiger partial charge in [0, 0.05) is 5.39 Å². The van der Waals surface area contributed by atoms with E-state index in [2.05, 4.69) is 32.9 Å². The molecule has 0 bridgehead atoms. The van der Waals surface area contributed by atoms with Crippen molar-refractivity contribution in [3.8, 4) is 0 Å². The quantitative estimate of drug-likeness (QED) is 0.773. The van der Waals surface area contributed by atoms with E-state index in [9.17, 15) is 0 Å². The Morgan fingerprint density at radius 3 is 2.53 bits per heavy atom. The van der Waals surface area contributed by atoms with Crippen molar-refractivity contribution in [2.24, 2.45) is 0 Å². The predicted molar refractivity (Wildman–Crippen MR) is 60.8 cm³/mol. The third-order valence-corrected chi connectivity index (χ3v) is 2.59. The van der Waals surface area contributed by atoms with Crippen LogP contribution in [0.2, 0.25) is 0 Å². The first kappa shape index (κ1) is 10.2. The highest BCUT2D eigenvalue weighted by Crippen LogP contribution is 2.27. The molecule has 1 aromatic carbocycles.